The number of likely N-dealkylation sites (tertiary alicyclic amines) is 1. The second-order valence-corrected chi connectivity index (χ2v) is 7.72. The number of hydrogen-bond acceptors (Lipinski definition) is 5. The first-order valence-electron chi connectivity index (χ1n) is 9.66. The number of amides is 1. The van der Waals surface area contributed by atoms with Crippen molar-refractivity contribution in [2.75, 3.05) is 13.1 Å². The highest BCUT2D eigenvalue weighted by Gasteiger charge is 2.41. The molecule has 28 heavy (non-hydrogen) atoms. The van der Waals surface area contributed by atoms with Gasteiger partial charge in [0.05, 0.1) is 6.54 Å². The Hall–Kier alpha value is -2.42. The lowest BCUT2D eigenvalue weighted by Crippen LogP contribution is -2.44. The van der Waals surface area contributed by atoms with E-state index in [1.54, 1.807) is 29.4 Å². The van der Waals surface area contributed by atoms with Gasteiger partial charge in [-0.3, -0.25) is 14.3 Å². The summed E-state index contributed by atoms with van der Waals surface area (Å²) in [6.45, 7) is 2.15. The van der Waals surface area contributed by atoms with Crippen LogP contribution in [0.25, 0.3) is 5.95 Å². The highest BCUT2D eigenvalue weighted by Crippen LogP contribution is 2.32. The number of hydrogen-bond donors (Lipinski definition) is 1. The van der Waals surface area contributed by atoms with Crippen LogP contribution in [0, 0.1) is 6.92 Å². The minimum atomic E-state index is -2.55. The van der Waals surface area contributed by atoms with E-state index in [4.69, 9.17) is 0 Å². The Morgan fingerprint density at radius 2 is 2.04 bits per heavy atom. The van der Waals surface area contributed by atoms with Gasteiger partial charge in [-0.05, 0) is 38.7 Å². The largest absolute Gasteiger partial charge is 0.348 e. The Morgan fingerprint density at radius 1 is 1.25 bits per heavy atom. The Bertz CT molecular complexity index is 833. The zero-order valence-electron chi connectivity index (χ0n) is 15.8. The molecule has 1 amide bonds. The van der Waals surface area contributed by atoms with Crippen LogP contribution in [0.1, 0.15) is 48.3 Å². The average molecular weight is 390 g/mol. The van der Waals surface area contributed by atoms with Gasteiger partial charge in [-0.25, -0.2) is 23.7 Å². The monoisotopic (exact) mass is 390 g/mol. The minimum absolute atomic E-state index is 0.0406. The standard InChI is InChI=1S/C19H24F2N6O/c1-13-10-16(25-18(23-13)27-9-7-22-12-27)17(28)24-14-2-4-15(5-3-14)26-8-6-19(20,21)11-26/h7,9-10,12,14-15H,2-6,8,11H2,1H3,(H,24,28)/t14-,15+. The number of alkyl halides is 2. The molecule has 2 fully saturated rings. The van der Waals surface area contributed by atoms with Gasteiger partial charge in [0.15, 0.2) is 0 Å². The number of carbonyl (C=O) groups excluding carboxylic acids is 1. The van der Waals surface area contributed by atoms with Gasteiger partial charge in [-0.1, -0.05) is 0 Å². The Labute approximate surface area is 162 Å². The van der Waals surface area contributed by atoms with Gasteiger partial charge < -0.3 is 5.32 Å². The topological polar surface area (TPSA) is 75.9 Å². The minimum Gasteiger partial charge on any atom is -0.348 e. The third-order valence-corrected chi connectivity index (χ3v) is 5.56. The summed E-state index contributed by atoms with van der Waals surface area (Å²) in [6.07, 6.45) is 8.11. The molecule has 1 saturated heterocycles. The van der Waals surface area contributed by atoms with Crippen LogP contribution in [0.3, 0.4) is 0 Å². The Morgan fingerprint density at radius 3 is 2.68 bits per heavy atom. The molecule has 1 saturated carbocycles. The van der Waals surface area contributed by atoms with E-state index in [2.05, 4.69) is 20.3 Å². The number of carbonyl (C=O) groups is 1. The number of halogens is 2. The lowest BCUT2D eigenvalue weighted by atomic mass is 9.90. The molecule has 7 nitrogen and oxygen atoms in total. The van der Waals surface area contributed by atoms with Crippen LogP contribution in [-0.2, 0) is 0 Å². The Kier molecular flexibility index (Phi) is 5.09. The van der Waals surface area contributed by atoms with Crippen molar-refractivity contribution in [3.05, 3.63) is 36.2 Å². The van der Waals surface area contributed by atoms with Crippen LogP contribution in [-0.4, -0.2) is 61.4 Å². The molecule has 1 aliphatic heterocycles. The van der Waals surface area contributed by atoms with Gasteiger partial charge in [-0.2, -0.15) is 0 Å². The fraction of sp³-hybridized carbons (Fsp3) is 0.579. The first-order chi connectivity index (χ1) is 13.4. The van der Waals surface area contributed by atoms with E-state index in [1.807, 2.05) is 11.8 Å². The molecule has 0 spiro atoms. The second-order valence-electron chi connectivity index (χ2n) is 7.72. The fourth-order valence-corrected chi connectivity index (χ4v) is 4.08. The van der Waals surface area contributed by atoms with Crippen LogP contribution in [0.2, 0.25) is 0 Å². The first kappa shape index (κ1) is 18.9. The fourth-order valence-electron chi connectivity index (χ4n) is 4.08. The number of imidazole rings is 1. The van der Waals surface area contributed by atoms with E-state index >= 15 is 0 Å². The van der Waals surface area contributed by atoms with Crippen molar-refractivity contribution in [2.24, 2.45) is 0 Å². The molecule has 1 N–H and O–H groups in total. The maximum atomic E-state index is 13.4. The van der Waals surface area contributed by atoms with Gasteiger partial charge in [0, 0.05) is 43.1 Å². The smallest absolute Gasteiger partial charge is 0.270 e. The average Bonchev–Trinajstić information content (AvgIpc) is 3.31. The molecule has 2 aromatic rings. The van der Waals surface area contributed by atoms with Gasteiger partial charge in [-0.15, -0.1) is 0 Å². The second kappa shape index (κ2) is 7.54. The molecule has 1 aliphatic carbocycles. The number of aryl methyl sites for hydroxylation is 1. The van der Waals surface area contributed by atoms with Crippen molar-refractivity contribution in [3.8, 4) is 5.95 Å². The third kappa shape index (κ3) is 4.19. The van der Waals surface area contributed by atoms with E-state index in [1.165, 1.54) is 0 Å². The van der Waals surface area contributed by atoms with Gasteiger partial charge in [0.2, 0.25) is 5.95 Å². The van der Waals surface area contributed by atoms with Crippen molar-refractivity contribution < 1.29 is 13.6 Å². The molecule has 4 rings (SSSR count). The lowest BCUT2D eigenvalue weighted by molar-refractivity contribution is 0.00504. The molecular formula is C19H24F2N6O. The summed E-state index contributed by atoms with van der Waals surface area (Å²) in [5, 5.41) is 3.04. The predicted molar refractivity (Wildman–Crippen MR) is 98.5 cm³/mol. The van der Waals surface area contributed by atoms with Gasteiger partial charge in [0.25, 0.3) is 11.8 Å². The maximum Gasteiger partial charge on any atom is 0.270 e. The molecule has 0 aromatic carbocycles. The summed E-state index contributed by atoms with van der Waals surface area (Å²) in [5.74, 6) is -2.38. The summed E-state index contributed by atoms with van der Waals surface area (Å²) in [6, 6.07) is 1.89. The summed E-state index contributed by atoms with van der Waals surface area (Å²) in [5.41, 5.74) is 1.01. The van der Waals surface area contributed by atoms with Gasteiger partial charge in [0.1, 0.15) is 12.0 Å². The van der Waals surface area contributed by atoms with Crippen molar-refractivity contribution in [3.63, 3.8) is 0 Å². The van der Waals surface area contributed by atoms with E-state index in [0.29, 0.717) is 23.9 Å². The van der Waals surface area contributed by atoms with Gasteiger partial charge >= 0.3 is 0 Å². The lowest BCUT2D eigenvalue weighted by Gasteiger charge is -2.34. The number of aromatic nitrogens is 4. The zero-order valence-corrected chi connectivity index (χ0v) is 15.8. The van der Waals surface area contributed by atoms with Crippen LogP contribution < -0.4 is 5.32 Å². The highest BCUT2D eigenvalue weighted by molar-refractivity contribution is 5.92. The normalized spacial score (nSPS) is 25.0. The van der Waals surface area contributed by atoms with Crippen molar-refractivity contribution in [1.82, 2.24) is 29.7 Å². The molecule has 3 heterocycles. The summed E-state index contributed by atoms with van der Waals surface area (Å²) >= 11 is 0. The van der Waals surface area contributed by atoms with Crippen LogP contribution in [0.5, 0.6) is 0 Å². The molecular weight excluding hydrogens is 366 g/mol. The molecule has 0 bridgehead atoms. The van der Waals surface area contributed by atoms with E-state index in [9.17, 15) is 13.6 Å². The highest BCUT2D eigenvalue weighted by atomic mass is 19.3. The molecule has 2 aliphatic rings. The zero-order chi connectivity index (χ0) is 19.7. The maximum absolute atomic E-state index is 13.4. The van der Waals surface area contributed by atoms with Crippen molar-refractivity contribution in [1.29, 1.82) is 0 Å². The molecule has 9 heteroatoms. The molecule has 0 radical (unpaired) electrons. The number of rotatable bonds is 4. The van der Waals surface area contributed by atoms with Crippen molar-refractivity contribution in [2.45, 2.75) is 57.0 Å². The van der Waals surface area contributed by atoms with E-state index in [-0.39, 0.29) is 31.0 Å². The predicted octanol–water partition coefficient (Wildman–Crippen LogP) is 2.35. The number of nitrogens with one attached hydrogen (secondary N) is 1. The van der Waals surface area contributed by atoms with Crippen LogP contribution >= 0.6 is 0 Å². The SMILES string of the molecule is Cc1cc(C(=O)N[C@H]2CC[C@@H](N3CCC(F)(F)C3)CC2)nc(-n2ccnc2)n1. The van der Waals surface area contributed by atoms with E-state index < -0.39 is 5.92 Å². The Balaban J connectivity index is 1.35. The van der Waals surface area contributed by atoms with Crippen LogP contribution in [0.15, 0.2) is 24.8 Å². The van der Waals surface area contributed by atoms with E-state index in [0.717, 1.165) is 25.7 Å². The molecule has 0 unspecified atom stereocenters. The van der Waals surface area contributed by atoms with Crippen molar-refractivity contribution >= 4 is 5.91 Å². The summed E-state index contributed by atoms with van der Waals surface area (Å²) < 4.78 is 28.5. The molecule has 2 aromatic heterocycles. The number of nitrogens with zero attached hydrogens (tertiary/aromatic N) is 5. The quantitative estimate of drug-likeness (QED) is 0.867. The molecule has 0 atom stereocenters. The summed E-state index contributed by atoms with van der Waals surface area (Å²) in [4.78, 5) is 27.2. The first-order valence-corrected chi connectivity index (χ1v) is 9.66. The molecule has 150 valence electrons. The summed E-state index contributed by atoms with van der Waals surface area (Å²) in [7, 11) is 0. The third-order valence-electron chi connectivity index (χ3n) is 5.56. The van der Waals surface area contributed by atoms with Crippen LogP contribution in [0.4, 0.5) is 8.78 Å².